The summed E-state index contributed by atoms with van der Waals surface area (Å²) < 4.78 is 0. The predicted octanol–water partition coefficient (Wildman–Crippen LogP) is -0.848. The number of hydrogen-bond donors (Lipinski definition) is 2. The van der Waals surface area contributed by atoms with Gasteiger partial charge in [0, 0.05) is 5.75 Å². The van der Waals surface area contributed by atoms with Crippen LogP contribution in [0.1, 0.15) is 6.42 Å². The zero-order valence-electron chi connectivity index (χ0n) is 4.26. The van der Waals surface area contributed by atoms with E-state index < -0.39 is 5.97 Å². The third-order valence-electron chi connectivity index (χ3n) is 0.434. The fourth-order valence-corrected chi connectivity index (χ4v) is 0.439. The van der Waals surface area contributed by atoms with Crippen molar-refractivity contribution >= 4 is 35.0 Å². The Bertz CT molecular complexity index is 70.3. The van der Waals surface area contributed by atoms with Crippen LogP contribution < -0.4 is 5.14 Å². The number of aliphatic carboxylic acids is 1. The van der Waals surface area contributed by atoms with Crippen LogP contribution >= 0.6 is 11.9 Å². The standard InChI is InChI=1S/C3H7NO2S.H2Se/c4-7-2-1-3(5)6;/h1-2,4H2,(H,5,6);1H2. The number of nitrogens with two attached hydrogens (primary N) is 1. The first-order valence-corrected chi connectivity index (χ1v) is 2.85. The molecule has 50 valence electrons. The van der Waals surface area contributed by atoms with Crippen LogP contribution in [0.15, 0.2) is 0 Å². The molecule has 0 fully saturated rings. The van der Waals surface area contributed by atoms with E-state index in [1.165, 1.54) is 0 Å². The SMILES string of the molecule is NSCCC(=O)O.[SeH2]. The van der Waals surface area contributed by atoms with E-state index >= 15 is 0 Å². The van der Waals surface area contributed by atoms with E-state index in [0.29, 0.717) is 5.75 Å². The summed E-state index contributed by atoms with van der Waals surface area (Å²) in [7, 11) is 0. The van der Waals surface area contributed by atoms with Crippen LogP contribution in [-0.4, -0.2) is 33.9 Å². The Morgan fingerprint density at radius 1 is 1.75 bits per heavy atom. The normalized spacial score (nSPS) is 7.62. The molecule has 8 heavy (non-hydrogen) atoms. The van der Waals surface area contributed by atoms with Crippen LogP contribution in [0.2, 0.25) is 0 Å². The summed E-state index contributed by atoms with van der Waals surface area (Å²) in [6.07, 6.45) is 0.154. The molecule has 0 atom stereocenters. The van der Waals surface area contributed by atoms with Gasteiger partial charge in [-0.25, -0.2) is 0 Å². The van der Waals surface area contributed by atoms with Gasteiger partial charge >= 0.3 is 23.0 Å². The van der Waals surface area contributed by atoms with E-state index in [9.17, 15) is 4.79 Å². The minimum absolute atomic E-state index is 0. The van der Waals surface area contributed by atoms with E-state index in [1.807, 2.05) is 0 Å². The number of hydrogen-bond acceptors (Lipinski definition) is 3. The summed E-state index contributed by atoms with van der Waals surface area (Å²) in [5.41, 5.74) is 0. The second-order valence-electron chi connectivity index (χ2n) is 1.01. The Kier molecular flexibility index (Phi) is 10.2. The molecule has 0 aromatic carbocycles. The first-order chi connectivity index (χ1) is 3.27. The Morgan fingerprint density at radius 2 is 2.25 bits per heavy atom. The predicted molar refractivity (Wildman–Crippen MR) is 37.4 cm³/mol. The fourth-order valence-electron chi connectivity index (χ4n) is 0.146. The molecule has 3 nitrogen and oxygen atoms in total. The van der Waals surface area contributed by atoms with Gasteiger partial charge in [0.15, 0.2) is 0 Å². The van der Waals surface area contributed by atoms with Crippen LogP contribution in [0.4, 0.5) is 0 Å². The van der Waals surface area contributed by atoms with Gasteiger partial charge in [-0.3, -0.25) is 9.93 Å². The molecule has 0 unspecified atom stereocenters. The van der Waals surface area contributed by atoms with Gasteiger partial charge in [-0.05, 0) is 0 Å². The van der Waals surface area contributed by atoms with Crippen LogP contribution in [0.25, 0.3) is 0 Å². The number of carboxylic acid groups (broad SMARTS) is 1. The van der Waals surface area contributed by atoms with Gasteiger partial charge in [0.2, 0.25) is 0 Å². The average Bonchev–Trinajstić information content (AvgIpc) is 1.61. The number of carboxylic acids is 1. The molecule has 0 heterocycles. The monoisotopic (exact) mass is 203 g/mol. The number of rotatable bonds is 3. The van der Waals surface area contributed by atoms with Crippen LogP contribution in [0.5, 0.6) is 0 Å². The summed E-state index contributed by atoms with van der Waals surface area (Å²) in [4.78, 5) is 9.69. The molecule has 0 aromatic heterocycles. The third kappa shape index (κ3) is 9.57. The third-order valence-corrected chi connectivity index (χ3v) is 0.874. The van der Waals surface area contributed by atoms with Crippen molar-refractivity contribution in [3.8, 4) is 0 Å². The van der Waals surface area contributed by atoms with Gasteiger partial charge in [-0.15, -0.1) is 0 Å². The van der Waals surface area contributed by atoms with Crippen molar-refractivity contribution in [1.82, 2.24) is 0 Å². The van der Waals surface area contributed by atoms with Crippen molar-refractivity contribution in [2.75, 3.05) is 5.75 Å². The zero-order valence-corrected chi connectivity index (χ0v) is 7.17. The first-order valence-electron chi connectivity index (χ1n) is 1.81. The molecule has 0 aliphatic heterocycles. The second kappa shape index (κ2) is 7.30. The second-order valence-corrected chi connectivity index (χ2v) is 1.76. The van der Waals surface area contributed by atoms with Gasteiger partial charge in [0.05, 0.1) is 6.42 Å². The van der Waals surface area contributed by atoms with Crippen molar-refractivity contribution in [2.45, 2.75) is 6.42 Å². The molecule has 0 bridgehead atoms. The van der Waals surface area contributed by atoms with Crippen molar-refractivity contribution in [2.24, 2.45) is 5.14 Å². The molecular weight excluding hydrogens is 193 g/mol. The summed E-state index contributed by atoms with van der Waals surface area (Å²) in [5.74, 6) is -0.298. The Hall–Kier alpha value is 0.299. The average molecular weight is 202 g/mol. The fraction of sp³-hybridized carbons (Fsp3) is 0.667. The van der Waals surface area contributed by atoms with Crippen molar-refractivity contribution in [1.29, 1.82) is 0 Å². The number of carbonyl (C=O) groups is 1. The summed E-state index contributed by atoms with van der Waals surface area (Å²) in [6.45, 7) is 0. The van der Waals surface area contributed by atoms with Crippen LogP contribution in [-0.2, 0) is 4.79 Å². The maximum absolute atomic E-state index is 9.69. The zero-order chi connectivity index (χ0) is 5.70. The molecule has 0 aliphatic rings. The van der Waals surface area contributed by atoms with Gasteiger partial charge in [-0.2, -0.15) is 0 Å². The summed E-state index contributed by atoms with van der Waals surface area (Å²) in [5, 5.41) is 12.9. The van der Waals surface area contributed by atoms with Gasteiger partial charge < -0.3 is 5.11 Å². The molecule has 3 N–H and O–H groups in total. The van der Waals surface area contributed by atoms with Gasteiger partial charge in [0.25, 0.3) is 0 Å². The van der Waals surface area contributed by atoms with Crippen LogP contribution in [0.3, 0.4) is 0 Å². The van der Waals surface area contributed by atoms with Crippen LogP contribution in [0, 0.1) is 0 Å². The molecule has 5 heteroatoms. The summed E-state index contributed by atoms with van der Waals surface area (Å²) >= 11 is 1.05. The summed E-state index contributed by atoms with van der Waals surface area (Å²) in [6, 6.07) is 0. The van der Waals surface area contributed by atoms with Gasteiger partial charge in [0.1, 0.15) is 0 Å². The first kappa shape index (κ1) is 11.1. The molecule has 0 aliphatic carbocycles. The molecule has 0 rings (SSSR count). The topological polar surface area (TPSA) is 63.3 Å². The molecule has 0 spiro atoms. The Labute approximate surface area is 62.6 Å². The van der Waals surface area contributed by atoms with Gasteiger partial charge in [-0.1, -0.05) is 11.9 Å². The van der Waals surface area contributed by atoms with Crippen molar-refractivity contribution in [3.05, 3.63) is 0 Å². The quantitative estimate of drug-likeness (QED) is 0.462. The van der Waals surface area contributed by atoms with E-state index in [4.69, 9.17) is 10.2 Å². The maximum atomic E-state index is 9.69. The van der Waals surface area contributed by atoms with E-state index in [2.05, 4.69) is 0 Å². The molecular formula is C3H9NO2SSe. The van der Waals surface area contributed by atoms with E-state index in [-0.39, 0.29) is 23.5 Å². The Balaban J connectivity index is 0. The van der Waals surface area contributed by atoms with E-state index in [1.54, 1.807) is 0 Å². The van der Waals surface area contributed by atoms with E-state index in [0.717, 1.165) is 11.9 Å². The molecule has 0 amide bonds. The molecule has 0 saturated heterocycles. The molecule has 0 saturated carbocycles. The van der Waals surface area contributed by atoms with Crippen molar-refractivity contribution in [3.63, 3.8) is 0 Å². The minimum atomic E-state index is -0.794. The molecule has 0 aromatic rings. The Morgan fingerprint density at radius 3 is 2.38 bits per heavy atom. The molecule has 0 radical (unpaired) electrons. The van der Waals surface area contributed by atoms with Crippen molar-refractivity contribution < 1.29 is 9.90 Å².